The van der Waals surface area contributed by atoms with E-state index in [-0.39, 0.29) is 0 Å². The molecule has 2 N–H and O–H groups in total. The van der Waals surface area contributed by atoms with Crippen molar-refractivity contribution in [2.45, 2.75) is 25.8 Å². The Hall–Kier alpha value is -0.500. The second-order valence-electron chi connectivity index (χ2n) is 2.96. The summed E-state index contributed by atoms with van der Waals surface area (Å²) in [6.07, 6.45) is 2.51. The first kappa shape index (κ1) is 7.61. The fourth-order valence-electron chi connectivity index (χ4n) is 1.58. The number of likely N-dealkylation sites (tertiary alicyclic amines) is 1. The van der Waals surface area contributed by atoms with Crippen molar-refractivity contribution in [3.63, 3.8) is 0 Å². The van der Waals surface area contributed by atoms with Crippen LogP contribution in [0.25, 0.3) is 0 Å². The molecule has 0 amide bonds. The summed E-state index contributed by atoms with van der Waals surface area (Å²) < 4.78 is 0. The second kappa shape index (κ2) is 3.06. The minimum atomic E-state index is 0.567. The van der Waals surface area contributed by atoms with Crippen LogP contribution in [-0.2, 0) is 0 Å². The molecule has 0 aromatic carbocycles. The Bertz CT molecular complexity index is 131. The quantitative estimate of drug-likeness (QED) is 0.618. The maximum Gasteiger partial charge on any atom is 0.0409 e. The summed E-state index contributed by atoms with van der Waals surface area (Å²) in [4.78, 5) is 2.31. The maximum absolute atomic E-state index is 5.58. The Kier molecular flexibility index (Phi) is 2.33. The monoisotopic (exact) mass is 140 g/mol. The third-order valence-electron chi connectivity index (χ3n) is 2.14. The van der Waals surface area contributed by atoms with Crippen molar-refractivity contribution in [2.75, 3.05) is 13.1 Å². The van der Waals surface area contributed by atoms with E-state index in [0.29, 0.717) is 6.04 Å². The molecule has 2 heteroatoms. The Morgan fingerprint density at radius 3 is 2.90 bits per heavy atom. The molecule has 1 rings (SSSR count). The third-order valence-corrected chi connectivity index (χ3v) is 2.14. The van der Waals surface area contributed by atoms with Crippen LogP contribution in [0.15, 0.2) is 12.3 Å². The summed E-state index contributed by atoms with van der Waals surface area (Å²) in [5, 5.41) is 0. The molecular weight excluding hydrogens is 124 g/mol. The summed E-state index contributed by atoms with van der Waals surface area (Å²) in [5.74, 6) is 0. The Balaban J connectivity index is 2.50. The van der Waals surface area contributed by atoms with Crippen LogP contribution >= 0.6 is 0 Å². The van der Waals surface area contributed by atoms with Gasteiger partial charge in [-0.1, -0.05) is 6.58 Å². The molecular formula is C8H16N2. The Morgan fingerprint density at radius 1 is 1.80 bits per heavy atom. The highest BCUT2D eigenvalue weighted by Gasteiger charge is 2.21. The lowest BCUT2D eigenvalue weighted by Crippen LogP contribution is -2.33. The fraction of sp³-hybridized carbons (Fsp3) is 0.750. The van der Waals surface area contributed by atoms with Crippen LogP contribution in [0.2, 0.25) is 0 Å². The maximum atomic E-state index is 5.58. The lowest BCUT2D eigenvalue weighted by Gasteiger charge is -2.25. The molecule has 1 aliphatic rings. The zero-order valence-corrected chi connectivity index (χ0v) is 6.64. The van der Waals surface area contributed by atoms with Crippen molar-refractivity contribution in [3.05, 3.63) is 12.3 Å². The average Bonchev–Trinajstić information content (AvgIpc) is 2.33. The van der Waals surface area contributed by atoms with Gasteiger partial charge in [-0.05, 0) is 19.8 Å². The molecule has 0 spiro atoms. The van der Waals surface area contributed by atoms with Crippen molar-refractivity contribution >= 4 is 0 Å². The normalized spacial score (nSPS) is 25.4. The lowest BCUT2D eigenvalue weighted by molar-refractivity contribution is 0.328. The SMILES string of the molecule is C=C(C)N1CCCC1CN. The van der Waals surface area contributed by atoms with Crippen LogP contribution in [0.4, 0.5) is 0 Å². The molecule has 1 fully saturated rings. The minimum Gasteiger partial charge on any atom is -0.371 e. The minimum absolute atomic E-state index is 0.567. The van der Waals surface area contributed by atoms with Gasteiger partial charge in [-0.15, -0.1) is 0 Å². The fourth-order valence-corrected chi connectivity index (χ4v) is 1.58. The lowest BCUT2D eigenvalue weighted by atomic mass is 10.2. The van der Waals surface area contributed by atoms with Gasteiger partial charge in [-0.3, -0.25) is 0 Å². The van der Waals surface area contributed by atoms with E-state index < -0.39 is 0 Å². The van der Waals surface area contributed by atoms with Crippen molar-refractivity contribution in [2.24, 2.45) is 5.73 Å². The zero-order valence-electron chi connectivity index (χ0n) is 6.64. The smallest absolute Gasteiger partial charge is 0.0409 e. The van der Waals surface area contributed by atoms with Crippen LogP contribution in [0.5, 0.6) is 0 Å². The van der Waals surface area contributed by atoms with Gasteiger partial charge in [-0.25, -0.2) is 0 Å². The van der Waals surface area contributed by atoms with Gasteiger partial charge in [0.25, 0.3) is 0 Å². The number of nitrogens with two attached hydrogens (primary N) is 1. The van der Waals surface area contributed by atoms with Gasteiger partial charge in [-0.2, -0.15) is 0 Å². The topological polar surface area (TPSA) is 29.3 Å². The number of nitrogens with zero attached hydrogens (tertiary/aromatic N) is 1. The van der Waals surface area contributed by atoms with Crippen molar-refractivity contribution in [3.8, 4) is 0 Å². The standard InChI is InChI=1S/C8H16N2/c1-7(2)10-5-3-4-8(10)6-9/h8H,1,3-6,9H2,2H3. The number of hydrogen-bond acceptors (Lipinski definition) is 2. The van der Waals surface area contributed by atoms with Gasteiger partial charge in [0.15, 0.2) is 0 Å². The summed E-state index contributed by atoms with van der Waals surface area (Å²) >= 11 is 0. The van der Waals surface area contributed by atoms with Crippen molar-refractivity contribution in [1.82, 2.24) is 4.90 Å². The number of rotatable bonds is 2. The molecule has 0 bridgehead atoms. The van der Waals surface area contributed by atoms with E-state index in [9.17, 15) is 0 Å². The molecule has 10 heavy (non-hydrogen) atoms. The van der Waals surface area contributed by atoms with Gasteiger partial charge < -0.3 is 10.6 Å². The second-order valence-corrected chi connectivity index (χ2v) is 2.96. The molecule has 0 radical (unpaired) electrons. The first-order chi connectivity index (χ1) is 4.75. The van der Waals surface area contributed by atoms with Crippen LogP contribution in [0.1, 0.15) is 19.8 Å². The molecule has 1 unspecified atom stereocenters. The molecule has 1 saturated heterocycles. The van der Waals surface area contributed by atoms with E-state index in [1.807, 2.05) is 6.92 Å². The number of allylic oxidation sites excluding steroid dienone is 1. The summed E-state index contributed by atoms with van der Waals surface area (Å²) in [7, 11) is 0. The van der Waals surface area contributed by atoms with Crippen LogP contribution in [0, 0.1) is 0 Å². The van der Waals surface area contributed by atoms with Gasteiger partial charge in [0, 0.05) is 24.8 Å². The van der Waals surface area contributed by atoms with E-state index in [4.69, 9.17) is 5.73 Å². The summed E-state index contributed by atoms with van der Waals surface area (Å²) in [6.45, 7) is 7.88. The highest BCUT2D eigenvalue weighted by molar-refractivity contribution is 4.96. The number of hydrogen-bond donors (Lipinski definition) is 1. The van der Waals surface area contributed by atoms with Crippen LogP contribution in [-0.4, -0.2) is 24.0 Å². The largest absolute Gasteiger partial charge is 0.371 e. The van der Waals surface area contributed by atoms with E-state index >= 15 is 0 Å². The highest BCUT2D eigenvalue weighted by Crippen LogP contribution is 2.19. The molecule has 0 aromatic rings. The first-order valence-electron chi connectivity index (χ1n) is 3.88. The predicted octanol–water partition coefficient (Wildman–Crippen LogP) is 0.943. The Labute approximate surface area is 62.7 Å². The molecule has 1 heterocycles. The molecule has 1 atom stereocenters. The highest BCUT2D eigenvalue weighted by atomic mass is 15.2. The zero-order chi connectivity index (χ0) is 7.56. The van der Waals surface area contributed by atoms with Gasteiger partial charge in [0.2, 0.25) is 0 Å². The first-order valence-corrected chi connectivity index (χ1v) is 3.88. The van der Waals surface area contributed by atoms with E-state index in [1.165, 1.54) is 12.8 Å². The molecule has 1 aliphatic heterocycles. The predicted molar refractivity (Wildman–Crippen MR) is 43.6 cm³/mol. The van der Waals surface area contributed by atoms with Crippen molar-refractivity contribution < 1.29 is 0 Å². The van der Waals surface area contributed by atoms with Gasteiger partial charge in [0.05, 0.1) is 0 Å². The molecule has 2 nitrogen and oxygen atoms in total. The summed E-state index contributed by atoms with van der Waals surface area (Å²) in [5.41, 5.74) is 6.74. The van der Waals surface area contributed by atoms with E-state index in [0.717, 1.165) is 18.8 Å². The van der Waals surface area contributed by atoms with Gasteiger partial charge >= 0.3 is 0 Å². The average molecular weight is 140 g/mol. The van der Waals surface area contributed by atoms with Gasteiger partial charge in [0.1, 0.15) is 0 Å². The summed E-state index contributed by atoms with van der Waals surface area (Å²) in [6, 6.07) is 0.567. The molecule has 0 saturated carbocycles. The third kappa shape index (κ3) is 1.32. The van der Waals surface area contributed by atoms with Crippen LogP contribution in [0.3, 0.4) is 0 Å². The molecule has 0 aromatic heterocycles. The molecule has 58 valence electrons. The Morgan fingerprint density at radius 2 is 2.50 bits per heavy atom. The molecule has 0 aliphatic carbocycles. The van der Waals surface area contributed by atoms with Crippen molar-refractivity contribution in [1.29, 1.82) is 0 Å². The van der Waals surface area contributed by atoms with E-state index in [1.54, 1.807) is 0 Å². The van der Waals surface area contributed by atoms with Crippen LogP contribution < -0.4 is 5.73 Å². The van der Waals surface area contributed by atoms with E-state index in [2.05, 4.69) is 11.5 Å².